The molecule has 0 bridgehead atoms. The molecule has 1 saturated heterocycles. The Kier molecular flexibility index (Phi) is 6.83. The Labute approximate surface area is 192 Å². The van der Waals surface area contributed by atoms with Crippen LogP contribution in [0.1, 0.15) is 15.9 Å². The van der Waals surface area contributed by atoms with Crippen molar-refractivity contribution in [1.82, 2.24) is 9.88 Å². The molecule has 170 valence electrons. The van der Waals surface area contributed by atoms with Crippen LogP contribution in [0, 0.1) is 5.82 Å². The molecule has 7 nitrogen and oxygen atoms in total. The number of hydrogen-bond donors (Lipinski definition) is 0. The highest BCUT2D eigenvalue weighted by Crippen LogP contribution is 2.21. The van der Waals surface area contributed by atoms with Gasteiger partial charge in [-0.05, 0) is 54.1 Å². The van der Waals surface area contributed by atoms with Crippen molar-refractivity contribution in [2.45, 2.75) is 6.54 Å². The minimum atomic E-state index is -0.404. The minimum absolute atomic E-state index is 0.135. The number of piperazine rings is 1. The van der Waals surface area contributed by atoms with Crippen molar-refractivity contribution in [2.24, 2.45) is 0 Å². The van der Waals surface area contributed by atoms with Crippen molar-refractivity contribution in [3.8, 4) is 0 Å². The number of amides is 2. The number of esters is 1. The van der Waals surface area contributed by atoms with Gasteiger partial charge < -0.3 is 14.5 Å². The van der Waals surface area contributed by atoms with Crippen LogP contribution in [0.2, 0.25) is 0 Å². The molecular formula is C25H25FN4O3. The lowest BCUT2D eigenvalue weighted by molar-refractivity contribution is 0.0600. The average Bonchev–Trinajstić information content (AvgIpc) is 2.88. The molecule has 0 spiro atoms. The van der Waals surface area contributed by atoms with Gasteiger partial charge in [0.25, 0.3) is 0 Å². The molecule has 0 unspecified atom stereocenters. The lowest BCUT2D eigenvalue weighted by atomic mass is 10.1. The number of hydrogen-bond acceptors (Lipinski definition) is 5. The predicted octanol–water partition coefficient (Wildman–Crippen LogP) is 3.96. The van der Waals surface area contributed by atoms with Gasteiger partial charge in [-0.25, -0.2) is 19.0 Å². The molecule has 0 N–H and O–H groups in total. The molecule has 2 amide bonds. The van der Waals surface area contributed by atoms with E-state index in [1.807, 2.05) is 18.2 Å². The van der Waals surface area contributed by atoms with Crippen LogP contribution in [-0.4, -0.2) is 55.2 Å². The van der Waals surface area contributed by atoms with E-state index in [4.69, 9.17) is 4.74 Å². The highest BCUT2D eigenvalue weighted by Gasteiger charge is 2.27. The fourth-order valence-corrected chi connectivity index (χ4v) is 3.79. The number of benzene rings is 2. The second-order valence-electron chi connectivity index (χ2n) is 7.70. The summed E-state index contributed by atoms with van der Waals surface area (Å²) < 4.78 is 18.0. The molecule has 0 radical (unpaired) electrons. The summed E-state index contributed by atoms with van der Waals surface area (Å²) in [5.74, 6) is -0.114. The SMILES string of the molecule is COC(=O)c1ccc(CN(C(=O)N2CCN(c3ccc(F)cc3)CC2)c2ccccn2)cc1. The van der Waals surface area contributed by atoms with Gasteiger partial charge >= 0.3 is 12.0 Å². The number of ether oxygens (including phenoxy) is 1. The van der Waals surface area contributed by atoms with Gasteiger partial charge in [0.1, 0.15) is 11.6 Å². The van der Waals surface area contributed by atoms with E-state index in [-0.39, 0.29) is 11.8 Å². The second-order valence-corrected chi connectivity index (χ2v) is 7.70. The molecule has 1 aliphatic rings. The summed E-state index contributed by atoms with van der Waals surface area (Å²) >= 11 is 0. The summed E-state index contributed by atoms with van der Waals surface area (Å²) in [7, 11) is 1.34. The second kappa shape index (κ2) is 10.1. The van der Waals surface area contributed by atoms with E-state index in [1.165, 1.54) is 19.2 Å². The Balaban J connectivity index is 1.47. The van der Waals surface area contributed by atoms with Crippen LogP contribution in [0.3, 0.4) is 0 Å². The maximum Gasteiger partial charge on any atom is 0.337 e. The third-order valence-corrected chi connectivity index (χ3v) is 5.61. The van der Waals surface area contributed by atoms with Gasteiger partial charge in [-0.3, -0.25) is 4.90 Å². The summed E-state index contributed by atoms with van der Waals surface area (Å²) in [6.07, 6.45) is 1.66. The molecular weight excluding hydrogens is 423 g/mol. The van der Waals surface area contributed by atoms with Crippen LogP contribution in [0.15, 0.2) is 72.9 Å². The Morgan fingerprint density at radius 3 is 2.27 bits per heavy atom. The van der Waals surface area contributed by atoms with E-state index >= 15 is 0 Å². The van der Waals surface area contributed by atoms with Crippen LogP contribution < -0.4 is 9.80 Å². The molecule has 1 aromatic heterocycles. The van der Waals surface area contributed by atoms with Gasteiger partial charge in [0.05, 0.1) is 19.2 Å². The molecule has 3 aromatic rings. The Bertz CT molecular complexity index is 1080. The first-order chi connectivity index (χ1) is 16.0. The van der Waals surface area contributed by atoms with E-state index in [2.05, 4.69) is 9.88 Å². The van der Waals surface area contributed by atoms with Crippen LogP contribution in [-0.2, 0) is 11.3 Å². The van der Waals surface area contributed by atoms with E-state index in [0.29, 0.717) is 44.1 Å². The summed E-state index contributed by atoms with van der Waals surface area (Å²) in [4.78, 5) is 35.1. The smallest absolute Gasteiger partial charge is 0.337 e. The number of methoxy groups -OCH3 is 1. The molecule has 8 heteroatoms. The van der Waals surface area contributed by atoms with E-state index < -0.39 is 5.97 Å². The van der Waals surface area contributed by atoms with E-state index in [0.717, 1.165) is 11.3 Å². The zero-order valence-electron chi connectivity index (χ0n) is 18.4. The largest absolute Gasteiger partial charge is 0.465 e. The van der Waals surface area contributed by atoms with Crippen LogP contribution in [0.25, 0.3) is 0 Å². The van der Waals surface area contributed by atoms with Crippen molar-refractivity contribution >= 4 is 23.5 Å². The monoisotopic (exact) mass is 448 g/mol. The van der Waals surface area contributed by atoms with Crippen molar-refractivity contribution in [3.05, 3.63) is 89.9 Å². The first kappa shape index (κ1) is 22.3. The fraction of sp³-hybridized carbons (Fsp3) is 0.240. The number of nitrogens with zero attached hydrogens (tertiary/aromatic N) is 4. The van der Waals surface area contributed by atoms with Gasteiger partial charge in [0, 0.05) is 38.1 Å². The first-order valence-corrected chi connectivity index (χ1v) is 10.7. The number of aromatic nitrogens is 1. The number of halogens is 1. The first-order valence-electron chi connectivity index (χ1n) is 10.7. The van der Waals surface area contributed by atoms with Gasteiger partial charge in [0.2, 0.25) is 0 Å². The number of carbonyl (C=O) groups is 2. The Hall–Kier alpha value is -3.94. The highest BCUT2D eigenvalue weighted by molar-refractivity contribution is 5.91. The molecule has 2 heterocycles. The topological polar surface area (TPSA) is 66.0 Å². The summed E-state index contributed by atoms with van der Waals surface area (Å²) in [6, 6.07) is 18.7. The summed E-state index contributed by atoms with van der Waals surface area (Å²) in [5, 5.41) is 0. The molecule has 33 heavy (non-hydrogen) atoms. The Morgan fingerprint density at radius 1 is 0.970 bits per heavy atom. The standard InChI is InChI=1S/C25H25FN4O3/c1-33-24(31)20-7-5-19(6-8-20)18-30(23-4-2-3-13-27-23)25(32)29-16-14-28(15-17-29)22-11-9-21(26)10-12-22/h2-13H,14-18H2,1H3. The average molecular weight is 448 g/mol. The molecule has 4 rings (SSSR count). The van der Waals surface area contributed by atoms with Crippen LogP contribution in [0.4, 0.5) is 20.7 Å². The summed E-state index contributed by atoms with van der Waals surface area (Å²) in [6.45, 7) is 2.71. The number of rotatable bonds is 5. The zero-order chi connectivity index (χ0) is 23.2. The number of carbonyl (C=O) groups excluding carboxylic acids is 2. The third-order valence-electron chi connectivity index (χ3n) is 5.61. The number of anilines is 2. The third kappa shape index (κ3) is 5.28. The number of pyridine rings is 1. The van der Waals surface area contributed by atoms with Gasteiger partial charge in [-0.15, -0.1) is 0 Å². The lowest BCUT2D eigenvalue weighted by Gasteiger charge is -2.38. The molecule has 1 aliphatic heterocycles. The lowest BCUT2D eigenvalue weighted by Crippen LogP contribution is -2.53. The Morgan fingerprint density at radius 2 is 1.67 bits per heavy atom. The van der Waals surface area contributed by atoms with Crippen molar-refractivity contribution in [3.63, 3.8) is 0 Å². The van der Waals surface area contributed by atoms with Crippen molar-refractivity contribution < 1.29 is 18.7 Å². The van der Waals surface area contributed by atoms with Gasteiger partial charge in [-0.2, -0.15) is 0 Å². The predicted molar refractivity (Wildman–Crippen MR) is 124 cm³/mol. The number of urea groups is 1. The minimum Gasteiger partial charge on any atom is -0.465 e. The molecule has 2 aromatic carbocycles. The van der Waals surface area contributed by atoms with E-state index in [9.17, 15) is 14.0 Å². The zero-order valence-corrected chi connectivity index (χ0v) is 18.4. The molecule has 0 atom stereocenters. The molecule has 0 saturated carbocycles. The van der Waals surface area contributed by atoms with Gasteiger partial charge in [0.15, 0.2) is 0 Å². The normalized spacial score (nSPS) is 13.5. The van der Waals surface area contributed by atoms with Crippen LogP contribution in [0.5, 0.6) is 0 Å². The molecule has 1 fully saturated rings. The maximum atomic E-state index is 13.5. The van der Waals surface area contributed by atoms with Crippen molar-refractivity contribution in [2.75, 3.05) is 43.1 Å². The van der Waals surface area contributed by atoms with Gasteiger partial charge in [-0.1, -0.05) is 18.2 Å². The highest BCUT2D eigenvalue weighted by atomic mass is 19.1. The van der Waals surface area contributed by atoms with Crippen molar-refractivity contribution in [1.29, 1.82) is 0 Å². The molecule has 0 aliphatic carbocycles. The van der Waals surface area contributed by atoms with E-state index in [1.54, 1.807) is 52.4 Å². The summed E-state index contributed by atoms with van der Waals surface area (Å²) in [5.41, 5.74) is 2.26. The maximum absolute atomic E-state index is 13.5. The quantitative estimate of drug-likeness (QED) is 0.553. The van der Waals surface area contributed by atoms with Crippen LogP contribution >= 0.6 is 0 Å². The fourth-order valence-electron chi connectivity index (χ4n) is 3.79.